The minimum atomic E-state index is -0.598. The molecule has 0 saturated heterocycles. The van der Waals surface area contributed by atoms with E-state index in [1.165, 1.54) is 6.08 Å². The molecule has 0 spiro atoms. The van der Waals surface area contributed by atoms with Crippen molar-refractivity contribution in [1.29, 1.82) is 5.26 Å². The molecule has 0 saturated carbocycles. The Balaban J connectivity index is 1.66. The van der Waals surface area contributed by atoms with Crippen LogP contribution in [0.15, 0.2) is 54.6 Å². The Morgan fingerprint density at radius 2 is 1.79 bits per heavy atom. The van der Waals surface area contributed by atoms with Crippen molar-refractivity contribution < 1.29 is 19.3 Å². The minimum Gasteiger partial charge on any atom is -0.493 e. The topological polar surface area (TPSA) is 83.7 Å². The second kappa shape index (κ2) is 12.4. The van der Waals surface area contributed by atoms with Crippen LogP contribution < -0.4 is 19.5 Å². The second-order valence-electron chi connectivity index (χ2n) is 6.49. The van der Waals surface area contributed by atoms with Crippen LogP contribution in [-0.2, 0) is 12.8 Å². The number of allylic oxidation sites excluding steroid dienone is 2. The van der Waals surface area contributed by atoms with Gasteiger partial charge < -0.3 is 24.6 Å². The van der Waals surface area contributed by atoms with Gasteiger partial charge in [0, 0.05) is 12.6 Å². The lowest BCUT2D eigenvalue weighted by atomic mass is 10.1. The number of nitriles is 1. The Kier molecular flexibility index (Phi) is 9.56. The smallest absolute Gasteiger partial charge is 0.160 e. The van der Waals surface area contributed by atoms with Gasteiger partial charge in [0.1, 0.15) is 18.5 Å². The molecular weight excluding hydrogens is 368 g/mol. The molecule has 0 radical (unpaired) electrons. The van der Waals surface area contributed by atoms with Crippen molar-refractivity contribution in [3.63, 3.8) is 0 Å². The summed E-state index contributed by atoms with van der Waals surface area (Å²) in [5, 5.41) is 21.8. The van der Waals surface area contributed by atoms with Crippen LogP contribution in [0.25, 0.3) is 0 Å². The first kappa shape index (κ1) is 22.3. The fourth-order valence-electron chi connectivity index (χ4n) is 2.76. The second-order valence-corrected chi connectivity index (χ2v) is 6.49. The molecule has 29 heavy (non-hydrogen) atoms. The molecule has 2 aromatic rings. The fraction of sp³-hybridized carbons (Fsp3) is 0.348. The number of benzene rings is 2. The zero-order valence-corrected chi connectivity index (χ0v) is 16.9. The molecule has 0 fully saturated rings. The summed E-state index contributed by atoms with van der Waals surface area (Å²) < 4.78 is 16.2. The Morgan fingerprint density at radius 3 is 2.48 bits per heavy atom. The van der Waals surface area contributed by atoms with Crippen LogP contribution in [0.5, 0.6) is 17.2 Å². The molecule has 0 bridgehead atoms. The van der Waals surface area contributed by atoms with Gasteiger partial charge in [-0.05, 0) is 54.8 Å². The first-order valence-corrected chi connectivity index (χ1v) is 9.52. The highest BCUT2D eigenvalue weighted by Gasteiger charge is 2.07. The van der Waals surface area contributed by atoms with Crippen molar-refractivity contribution >= 4 is 0 Å². The van der Waals surface area contributed by atoms with Gasteiger partial charge in [-0.25, -0.2) is 0 Å². The van der Waals surface area contributed by atoms with Crippen LogP contribution >= 0.6 is 0 Å². The summed E-state index contributed by atoms with van der Waals surface area (Å²) in [6.45, 7) is 1.40. The van der Waals surface area contributed by atoms with Crippen LogP contribution in [0, 0.1) is 11.3 Å². The highest BCUT2D eigenvalue weighted by Crippen LogP contribution is 2.27. The number of hydrogen-bond donors (Lipinski definition) is 2. The summed E-state index contributed by atoms with van der Waals surface area (Å²) in [5.41, 5.74) is 2.23. The molecule has 0 amide bonds. The maximum Gasteiger partial charge on any atom is 0.160 e. The first-order valence-electron chi connectivity index (χ1n) is 9.52. The number of nitrogens with one attached hydrogen (secondary N) is 1. The maximum atomic E-state index is 10.1. The Hall–Kier alpha value is -3.01. The van der Waals surface area contributed by atoms with Gasteiger partial charge in [-0.1, -0.05) is 24.3 Å². The molecule has 0 heterocycles. The predicted octanol–water partition coefficient (Wildman–Crippen LogP) is 2.90. The quantitative estimate of drug-likeness (QED) is 0.424. The summed E-state index contributed by atoms with van der Waals surface area (Å²) in [6, 6.07) is 15.5. The van der Waals surface area contributed by atoms with Crippen molar-refractivity contribution in [3.8, 4) is 23.3 Å². The van der Waals surface area contributed by atoms with Gasteiger partial charge in [-0.15, -0.1) is 0 Å². The van der Waals surface area contributed by atoms with Gasteiger partial charge in [0.2, 0.25) is 0 Å². The van der Waals surface area contributed by atoms with Crippen molar-refractivity contribution in [1.82, 2.24) is 5.32 Å². The van der Waals surface area contributed by atoms with Crippen LogP contribution in [0.4, 0.5) is 0 Å². The molecular formula is C23H28N2O4. The number of aliphatic hydroxyl groups excluding tert-OH is 1. The molecule has 6 heteroatoms. The van der Waals surface area contributed by atoms with Crippen LogP contribution in [0.3, 0.4) is 0 Å². The largest absolute Gasteiger partial charge is 0.493 e. The SMILES string of the molecule is COc1ccc(CCNCC(O)COc2ccc(C/C=C/C#N)cc2)cc1OC. The van der Waals surface area contributed by atoms with E-state index in [2.05, 4.69) is 5.32 Å². The summed E-state index contributed by atoms with van der Waals surface area (Å²) in [4.78, 5) is 0. The molecule has 0 aliphatic heterocycles. The zero-order valence-electron chi connectivity index (χ0n) is 16.9. The molecule has 0 aliphatic rings. The number of methoxy groups -OCH3 is 2. The van der Waals surface area contributed by atoms with Gasteiger partial charge in [0.05, 0.1) is 20.3 Å². The van der Waals surface area contributed by atoms with Gasteiger partial charge in [0.25, 0.3) is 0 Å². The molecule has 2 rings (SSSR count). The van der Waals surface area contributed by atoms with E-state index < -0.39 is 6.10 Å². The first-order chi connectivity index (χ1) is 14.2. The average molecular weight is 396 g/mol. The van der Waals surface area contributed by atoms with E-state index in [1.807, 2.05) is 54.6 Å². The molecule has 1 unspecified atom stereocenters. The summed E-state index contributed by atoms with van der Waals surface area (Å²) in [7, 11) is 3.24. The lowest BCUT2D eigenvalue weighted by Crippen LogP contribution is -2.32. The molecule has 154 valence electrons. The third-order valence-electron chi connectivity index (χ3n) is 4.33. The summed E-state index contributed by atoms with van der Waals surface area (Å²) >= 11 is 0. The van der Waals surface area contributed by atoms with Crippen LogP contribution in [0.2, 0.25) is 0 Å². The fourth-order valence-corrected chi connectivity index (χ4v) is 2.76. The van der Waals surface area contributed by atoms with E-state index in [1.54, 1.807) is 14.2 Å². The highest BCUT2D eigenvalue weighted by molar-refractivity contribution is 5.42. The number of ether oxygens (including phenoxy) is 3. The van der Waals surface area contributed by atoms with Crippen LogP contribution in [0.1, 0.15) is 11.1 Å². The number of rotatable bonds is 12. The van der Waals surface area contributed by atoms with E-state index in [4.69, 9.17) is 19.5 Å². The number of hydrogen-bond acceptors (Lipinski definition) is 6. The number of aliphatic hydroxyl groups is 1. The van der Waals surface area contributed by atoms with Gasteiger partial charge in [0.15, 0.2) is 11.5 Å². The molecule has 6 nitrogen and oxygen atoms in total. The van der Waals surface area contributed by atoms with Crippen LogP contribution in [-0.4, -0.2) is 45.1 Å². The minimum absolute atomic E-state index is 0.219. The standard InChI is InChI=1S/C23H28N2O4/c1-27-22-11-8-19(15-23(22)28-2)12-14-25-16-20(26)17-29-21-9-6-18(7-10-21)5-3-4-13-24/h3-4,6-11,15,20,25-26H,5,12,14,16-17H2,1-2H3/b4-3+. The summed E-state index contributed by atoms with van der Waals surface area (Å²) in [6.07, 6.45) is 4.21. The zero-order chi connectivity index (χ0) is 20.9. The van der Waals surface area contributed by atoms with Crippen molar-refractivity contribution in [2.24, 2.45) is 0 Å². The summed E-state index contributed by atoms with van der Waals surface area (Å²) in [5.74, 6) is 2.14. The van der Waals surface area contributed by atoms with Crippen molar-refractivity contribution in [2.45, 2.75) is 18.9 Å². The van der Waals surface area contributed by atoms with E-state index in [0.29, 0.717) is 30.2 Å². The van der Waals surface area contributed by atoms with E-state index in [9.17, 15) is 5.11 Å². The van der Waals surface area contributed by atoms with E-state index in [0.717, 1.165) is 24.1 Å². The normalized spacial score (nSPS) is 11.8. The van der Waals surface area contributed by atoms with Crippen molar-refractivity contribution in [2.75, 3.05) is 33.9 Å². The predicted molar refractivity (Wildman–Crippen MR) is 113 cm³/mol. The lowest BCUT2D eigenvalue weighted by Gasteiger charge is -2.14. The van der Waals surface area contributed by atoms with E-state index >= 15 is 0 Å². The molecule has 1 atom stereocenters. The third kappa shape index (κ3) is 7.86. The third-order valence-corrected chi connectivity index (χ3v) is 4.33. The van der Waals surface area contributed by atoms with E-state index in [-0.39, 0.29) is 6.61 Å². The molecule has 0 aromatic heterocycles. The van der Waals surface area contributed by atoms with Gasteiger partial charge in [-0.3, -0.25) is 0 Å². The van der Waals surface area contributed by atoms with Crippen molar-refractivity contribution in [3.05, 3.63) is 65.7 Å². The van der Waals surface area contributed by atoms with Gasteiger partial charge in [-0.2, -0.15) is 5.26 Å². The van der Waals surface area contributed by atoms with Gasteiger partial charge >= 0.3 is 0 Å². The lowest BCUT2D eigenvalue weighted by molar-refractivity contribution is 0.106. The monoisotopic (exact) mass is 396 g/mol. The number of nitrogens with zero attached hydrogens (tertiary/aromatic N) is 1. The Labute approximate surface area is 172 Å². The Bertz CT molecular complexity index is 813. The molecule has 2 aromatic carbocycles. The average Bonchev–Trinajstić information content (AvgIpc) is 2.76. The highest BCUT2D eigenvalue weighted by atomic mass is 16.5. The molecule has 2 N–H and O–H groups in total. The molecule has 0 aliphatic carbocycles. The Morgan fingerprint density at radius 1 is 1.07 bits per heavy atom. The maximum absolute atomic E-state index is 10.1.